The average molecular weight is 235 g/mol. The smallest absolute Gasteiger partial charge is 0.250 e. The van der Waals surface area contributed by atoms with Crippen molar-refractivity contribution in [3.8, 4) is 0 Å². The Bertz CT molecular complexity index is 596. The number of para-hydroxylation sites is 1. The summed E-state index contributed by atoms with van der Waals surface area (Å²) in [5.74, 6) is -0.576. The van der Waals surface area contributed by atoms with E-state index in [1.807, 2.05) is 0 Å². The van der Waals surface area contributed by atoms with Crippen LogP contribution in [-0.4, -0.2) is 17.2 Å². The van der Waals surface area contributed by atoms with E-state index in [0.717, 1.165) is 0 Å². The standard InChI is InChI=1S/C11H7ClN2O2/c12-10-7(5-15)4-6-2-1-3-8(11(13)16)9(6)14-10/h1-5H,(H2,13,16). The third kappa shape index (κ3) is 1.63. The van der Waals surface area contributed by atoms with E-state index in [1.165, 1.54) is 0 Å². The lowest BCUT2D eigenvalue weighted by molar-refractivity contribution is 0.100. The van der Waals surface area contributed by atoms with Gasteiger partial charge in [0.25, 0.3) is 5.91 Å². The van der Waals surface area contributed by atoms with Crippen molar-refractivity contribution in [3.63, 3.8) is 0 Å². The Labute approximate surface area is 96.0 Å². The number of aldehydes is 1. The van der Waals surface area contributed by atoms with Gasteiger partial charge in [0.2, 0.25) is 0 Å². The topological polar surface area (TPSA) is 73.1 Å². The van der Waals surface area contributed by atoms with Crippen molar-refractivity contribution in [1.29, 1.82) is 0 Å². The Balaban J connectivity index is 2.84. The maximum Gasteiger partial charge on any atom is 0.250 e. The summed E-state index contributed by atoms with van der Waals surface area (Å²) in [6.07, 6.45) is 0.617. The van der Waals surface area contributed by atoms with Crippen LogP contribution in [0, 0.1) is 0 Å². The highest BCUT2D eigenvalue weighted by molar-refractivity contribution is 6.32. The first kappa shape index (κ1) is 10.6. The molecule has 0 fully saturated rings. The number of hydrogen-bond acceptors (Lipinski definition) is 3. The molecule has 2 aromatic rings. The van der Waals surface area contributed by atoms with Crippen molar-refractivity contribution in [2.75, 3.05) is 0 Å². The molecule has 16 heavy (non-hydrogen) atoms. The number of fused-ring (bicyclic) bond motifs is 1. The summed E-state index contributed by atoms with van der Waals surface area (Å²) >= 11 is 5.79. The molecular formula is C11H7ClN2O2. The summed E-state index contributed by atoms with van der Waals surface area (Å²) in [6.45, 7) is 0. The predicted molar refractivity (Wildman–Crippen MR) is 60.7 cm³/mol. The van der Waals surface area contributed by atoms with Crippen LogP contribution in [0.5, 0.6) is 0 Å². The van der Waals surface area contributed by atoms with Crippen molar-refractivity contribution in [1.82, 2.24) is 4.98 Å². The van der Waals surface area contributed by atoms with Crippen molar-refractivity contribution in [3.05, 3.63) is 40.5 Å². The molecule has 2 rings (SSSR count). The summed E-state index contributed by atoms with van der Waals surface area (Å²) in [5, 5.41) is 0.721. The maximum absolute atomic E-state index is 11.2. The van der Waals surface area contributed by atoms with Crippen LogP contribution in [0.2, 0.25) is 5.15 Å². The van der Waals surface area contributed by atoms with Gasteiger partial charge in [-0.1, -0.05) is 23.7 Å². The lowest BCUT2D eigenvalue weighted by atomic mass is 10.1. The summed E-state index contributed by atoms with van der Waals surface area (Å²) in [5.41, 5.74) is 6.19. The Morgan fingerprint density at radius 2 is 2.19 bits per heavy atom. The molecule has 0 atom stereocenters. The van der Waals surface area contributed by atoms with E-state index < -0.39 is 5.91 Å². The van der Waals surface area contributed by atoms with Crippen molar-refractivity contribution < 1.29 is 9.59 Å². The quantitative estimate of drug-likeness (QED) is 0.636. The third-order valence-electron chi connectivity index (χ3n) is 2.22. The molecule has 2 N–H and O–H groups in total. The number of pyridine rings is 1. The zero-order valence-electron chi connectivity index (χ0n) is 8.11. The van der Waals surface area contributed by atoms with Crippen LogP contribution in [0.4, 0.5) is 0 Å². The highest BCUT2D eigenvalue weighted by atomic mass is 35.5. The molecule has 0 bridgehead atoms. The molecule has 0 spiro atoms. The van der Waals surface area contributed by atoms with Gasteiger partial charge in [0.1, 0.15) is 5.15 Å². The predicted octanol–water partition coefficient (Wildman–Crippen LogP) is 1.80. The number of halogens is 1. The van der Waals surface area contributed by atoms with Crippen molar-refractivity contribution in [2.24, 2.45) is 5.73 Å². The lowest BCUT2D eigenvalue weighted by Gasteiger charge is -2.04. The van der Waals surface area contributed by atoms with Gasteiger partial charge in [0, 0.05) is 5.39 Å². The first-order valence-corrected chi connectivity index (χ1v) is 4.85. The van der Waals surface area contributed by atoms with E-state index >= 15 is 0 Å². The molecule has 1 aromatic heterocycles. The number of aromatic nitrogens is 1. The van der Waals surface area contributed by atoms with Gasteiger partial charge in [-0.15, -0.1) is 0 Å². The fourth-order valence-electron chi connectivity index (χ4n) is 1.47. The highest BCUT2D eigenvalue weighted by Gasteiger charge is 2.10. The van der Waals surface area contributed by atoms with Crippen molar-refractivity contribution in [2.45, 2.75) is 0 Å². The van der Waals surface area contributed by atoms with Crippen LogP contribution in [-0.2, 0) is 0 Å². The van der Waals surface area contributed by atoms with Gasteiger partial charge in [0.05, 0.1) is 16.6 Å². The highest BCUT2D eigenvalue weighted by Crippen LogP contribution is 2.21. The number of amides is 1. The molecule has 5 heteroatoms. The Kier molecular flexibility index (Phi) is 2.58. The van der Waals surface area contributed by atoms with Gasteiger partial charge in [-0.25, -0.2) is 4.98 Å². The summed E-state index contributed by atoms with van der Waals surface area (Å²) in [4.78, 5) is 25.8. The van der Waals surface area contributed by atoms with Gasteiger partial charge >= 0.3 is 0 Å². The molecule has 0 unspecified atom stereocenters. The normalized spacial score (nSPS) is 10.3. The second-order valence-electron chi connectivity index (χ2n) is 3.23. The van der Waals surface area contributed by atoms with Crippen LogP contribution in [0.25, 0.3) is 10.9 Å². The van der Waals surface area contributed by atoms with E-state index in [9.17, 15) is 9.59 Å². The largest absolute Gasteiger partial charge is 0.366 e. The number of hydrogen-bond donors (Lipinski definition) is 1. The lowest BCUT2D eigenvalue weighted by Crippen LogP contribution is -2.12. The average Bonchev–Trinajstić information content (AvgIpc) is 2.27. The molecule has 0 aliphatic rings. The first-order valence-electron chi connectivity index (χ1n) is 4.47. The maximum atomic E-state index is 11.2. The molecule has 0 aliphatic heterocycles. The number of primary amides is 1. The molecule has 0 saturated carbocycles. The third-order valence-corrected chi connectivity index (χ3v) is 2.52. The van der Waals surface area contributed by atoms with Crippen LogP contribution in [0.3, 0.4) is 0 Å². The second-order valence-corrected chi connectivity index (χ2v) is 3.59. The summed E-state index contributed by atoms with van der Waals surface area (Å²) in [7, 11) is 0. The summed E-state index contributed by atoms with van der Waals surface area (Å²) in [6, 6.07) is 6.55. The van der Waals surface area contributed by atoms with Crippen LogP contribution in [0.15, 0.2) is 24.3 Å². The van der Waals surface area contributed by atoms with E-state index in [1.54, 1.807) is 24.3 Å². The molecule has 1 aromatic carbocycles. The molecule has 0 radical (unpaired) electrons. The van der Waals surface area contributed by atoms with E-state index in [2.05, 4.69) is 4.98 Å². The van der Waals surface area contributed by atoms with E-state index in [4.69, 9.17) is 17.3 Å². The van der Waals surface area contributed by atoms with Crippen molar-refractivity contribution >= 4 is 34.7 Å². The van der Waals surface area contributed by atoms with Gasteiger partial charge in [-0.2, -0.15) is 0 Å². The van der Waals surface area contributed by atoms with Gasteiger partial charge in [0.15, 0.2) is 6.29 Å². The van der Waals surface area contributed by atoms with E-state index in [0.29, 0.717) is 17.2 Å². The minimum absolute atomic E-state index is 0.0659. The van der Waals surface area contributed by atoms with Crippen LogP contribution in [0.1, 0.15) is 20.7 Å². The van der Waals surface area contributed by atoms with E-state index in [-0.39, 0.29) is 16.3 Å². The van der Waals surface area contributed by atoms with Gasteiger partial charge < -0.3 is 5.73 Å². The van der Waals surface area contributed by atoms with Gasteiger partial charge in [-0.3, -0.25) is 9.59 Å². The number of benzene rings is 1. The minimum Gasteiger partial charge on any atom is -0.366 e. The van der Waals surface area contributed by atoms with Gasteiger partial charge in [-0.05, 0) is 12.1 Å². The van der Waals surface area contributed by atoms with Crippen LogP contribution < -0.4 is 5.73 Å². The molecular weight excluding hydrogens is 228 g/mol. The summed E-state index contributed by atoms with van der Waals surface area (Å²) < 4.78 is 0. The number of nitrogens with zero attached hydrogens (tertiary/aromatic N) is 1. The fraction of sp³-hybridized carbons (Fsp3) is 0. The molecule has 0 aliphatic carbocycles. The fourth-order valence-corrected chi connectivity index (χ4v) is 1.66. The Hall–Kier alpha value is -1.94. The first-order chi connectivity index (χ1) is 7.63. The zero-order valence-corrected chi connectivity index (χ0v) is 8.86. The number of rotatable bonds is 2. The Morgan fingerprint density at radius 3 is 2.81 bits per heavy atom. The molecule has 1 heterocycles. The van der Waals surface area contributed by atoms with Crippen LogP contribution >= 0.6 is 11.6 Å². The molecule has 1 amide bonds. The number of carbonyl (C=O) groups excluding carboxylic acids is 2. The SMILES string of the molecule is NC(=O)c1cccc2cc(C=O)c(Cl)nc12. The molecule has 4 nitrogen and oxygen atoms in total. The molecule has 80 valence electrons. The monoisotopic (exact) mass is 234 g/mol. The molecule has 0 saturated heterocycles. The minimum atomic E-state index is -0.576. The number of nitrogens with two attached hydrogens (primary N) is 1. The Morgan fingerprint density at radius 1 is 1.44 bits per heavy atom. The second kappa shape index (κ2) is 3.90. The number of carbonyl (C=O) groups is 2. The zero-order chi connectivity index (χ0) is 11.7.